The third kappa shape index (κ3) is 2.98. The molecule has 2 N–H and O–H groups in total. The molecule has 0 heterocycles. The first-order valence-electron chi connectivity index (χ1n) is 5.54. The van der Waals surface area contributed by atoms with Gasteiger partial charge in [-0.05, 0) is 24.3 Å². The van der Waals surface area contributed by atoms with Gasteiger partial charge in [-0.2, -0.15) is 0 Å². The average molecular weight is 278 g/mol. The second-order valence-corrected chi connectivity index (χ2v) is 4.22. The van der Waals surface area contributed by atoms with Crippen LogP contribution in [0.4, 0.5) is 5.69 Å². The Hall–Kier alpha value is -2.20. The Morgan fingerprint density at radius 3 is 2.68 bits per heavy atom. The zero-order valence-corrected chi connectivity index (χ0v) is 10.9. The largest absolute Gasteiger partial charge is 0.507 e. The fourth-order valence-corrected chi connectivity index (χ4v) is 1.75. The van der Waals surface area contributed by atoms with Crippen molar-refractivity contribution in [3.8, 4) is 11.5 Å². The number of halogens is 1. The van der Waals surface area contributed by atoms with E-state index in [1.807, 2.05) is 0 Å². The first-order valence-corrected chi connectivity index (χ1v) is 5.92. The van der Waals surface area contributed by atoms with Gasteiger partial charge in [0, 0.05) is 6.07 Å². The molecule has 0 unspecified atom stereocenters. The van der Waals surface area contributed by atoms with Gasteiger partial charge in [0.15, 0.2) is 0 Å². The number of carbonyl (C=O) groups is 1. The number of hydrogen-bond acceptors (Lipinski definition) is 3. The van der Waals surface area contributed by atoms with E-state index in [9.17, 15) is 9.90 Å². The molecule has 4 nitrogen and oxygen atoms in total. The molecule has 0 spiro atoms. The number of nitrogens with one attached hydrogen (secondary N) is 1. The predicted octanol–water partition coefficient (Wildman–Crippen LogP) is 3.31. The van der Waals surface area contributed by atoms with E-state index in [4.69, 9.17) is 16.3 Å². The fraction of sp³-hybridized carbons (Fsp3) is 0.0714. The summed E-state index contributed by atoms with van der Waals surface area (Å²) >= 11 is 5.99. The average Bonchev–Trinajstić information content (AvgIpc) is 2.41. The standard InChI is InChI=1S/C14H12ClNO3/c1-19-9-6-7-11(15)12(8-9)16-14(18)10-4-2-3-5-13(10)17/h2-8,17H,1H3,(H,16,18). The molecule has 0 atom stereocenters. The Morgan fingerprint density at radius 2 is 2.00 bits per heavy atom. The molecular weight excluding hydrogens is 266 g/mol. The van der Waals surface area contributed by atoms with Crippen LogP contribution in [0.5, 0.6) is 11.5 Å². The van der Waals surface area contributed by atoms with Crippen LogP contribution in [0.3, 0.4) is 0 Å². The SMILES string of the molecule is COc1ccc(Cl)c(NC(=O)c2ccccc2O)c1. The lowest BCUT2D eigenvalue weighted by molar-refractivity contribution is 0.102. The van der Waals surface area contributed by atoms with Crippen LogP contribution in [-0.2, 0) is 0 Å². The highest BCUT2D eigenvalue weighted by atomic mass is 35.5. The summed E-state index contributed by atoms with van der Waals surface area (Å²) < 4.78 is 5.06. The second-order valence-electron chi connectivity index (χ2n) is 3.82. The highest BCUT2D eigenvalue weighted by Gasteiger charge is 2.12. The van der Waals surface area contributed by atoms with Gasteiger partial charge in [0.2, 0.25) is 0 Å². The van der Waals surface area contributed by atoms with Crippen molar-refractivity contribution >= 4 is 23.2 Å². The van der Waals surface area contributed by atoms with Crippen LogP contribution < -0.4 is 10.1 Å². The van der Waals surface area contributed by atoms with E-state index < -0.39 is 5.91 Å². The van der Waals surface area contributed by atoms with Crippen molar-refractivity contribution < 1.29 is 14.6 Å². The molecule has 0 aliphatic rings. The van der Waals surface area contributed by atoms with E-state index in [-0.39, 0.29) is 11.3 Å². The Morgan fingerprint density at radius 1 is 1.26 bits per heavy atom. The van der Waals surface area contributed by atoms with Gasteiger partial charge in [-0.25, -0.2) is 0 Å². The summed E-state index contributed by atoms with van der Waals surface area (Å²) in [6.45, 7) is 0. The summed E-state index contributed by atoms with van der Waals surface area (Å²) in [7, 11) is 1.53. The minimum absolute atomic E-state index is 0.0842. The number of phenols is 1. The first kappa shape index (κ1) is 13.2. The third-order valence-corrected chi connectivity index (χ3v) is 2.90. The summed E-state index contributed by atoms with van der Waals surface area (Å²) in [5, 5.41) is 12.6. The molecule has 0 bridgehead atoms. The van der Waals surface area contributed by atoms with Gasteiger partial charge in [0.1, 0.15) is 11.5 Å². The maximum Gasteiger partial charge on any atom is 0.259 e. The van der Waals surface area contributed by atoms with Gasteiger partial charge in [-0.1, -0.05) is 23.7 Å². The maximum absolute atomic E-state index is 12.0. The number of amides is 1. The zero-order valence-electron chi connectivity index (χ0n) is 10.2. The number of ether oxygens (including phenoxy) is 1. The highest BCUT2D eigenvalue weighted by molar-refractivity contribution is 6.34. The Kier molecular flexibility index (Phi) is 3.92. The molecule has 0 fully saturated rings. The van der Waals surface area contributed by atoms with Crippen molar-refractivity contribution in [2.45, 2.75) is 0 Å². The van der Waals surface area contributed by atoms with E-state index in [0.717, 1.165) is 0 Å². The van der Waals surface area contributed by atoms with E-state index >= 15 is 0 Å². The van der Waals surface area contributed by atoms with Crippen LogP contribution in [0.2, 0.25) is 5.02 Å². The Labute approximate surface area is 115 Å². The van der Waals surface area contributed by atoms with Crippen molar-refractivity contribution in [2.24, 2.45) is 0 Å². The Balaban J connectivity index is 2.26. The molecule has 0 saturated carbocycles. The van der Waals surface area contributed by atoms with Crippen LogP contribution in [-0.4, -0.2) is 18.1 Å². The van der Waals surface area contributed by atoms with Crippen LogP contribution in [0.15, 0.2) is 42.5 Å². The highest BCUT2D eigenvalue weighted by Crippen LogP contribution is 2.27. The summed E-state index contributed by atoms with van der Waals surface area (Å²) in [6, 6.07) is 11.2. The van der Waals surface area contributed by atoms with E-state index in [1.165, 1.54) is 19.2 Å². The van der Waals surface area contributed by atoms with Crippen LogP contribution >= 0.6 is 11.6 Å². The number of hydrogen-bond donors (Lipinski definition) is 2. The number of carbonyl (C=O) groups excluding carboxylic acids is 1. The van der Waals surface area contributed by atoms with Crippen molar-refractivity contribution in [3.63, 3.8) is 0 Å². The molecule has 0 aliphatic carbocycles. The molecule has 2 aromatic carbocycles. The molecule has 5 heteroatoms. The van der Waals surface area contributed by atoms with Gasteiger partial charge < -0.3 is 15.2 Å². The summed E-state index contributed by atoms with van der Waals surface area (Å²) in [6.07, 6.45) is 0. The van der Waals surface area contributed by atoms with Crippen molar-refractivity contribution in [1.29, 1.82) is 0 Å². The van der Waals surface area contributed by atoms with Gasteiger partial charge >= 0.3 is 0 Å². The number of benzene rings is 2. The van der Waals surface area contributed by atoms with Crippen molar-refractivity contribution in [2.75, 3.05) is 12.4 Å². The van der Waals surface area contributed by atoms with E-state index in [1.54, 1.807) is 30.3 Å². The van der Waals surface area contributed by atoms with Crippen LogP contribution in [0.1, 0.15) is 10.4 Å². The minimum atomic E-state index is -0.437. The van der Waals surface area contributed by atoms with Gasteiger partial charge in [-0.15, -0.1) is 0 Å². The molecule has 1 amide bonds. The normalized spacial score (nSPS) is 10.0. The molecule has 2 rings (SSSR count). The number of rotatable bonds is 3. The molecule has 0 radical (unpaired) electrons. The number of methoxy groups -OCH3 is 1. The lowest BCUT2D eigenvalue weighted by Crippen LogP contribution is -2.12. The second kappa shape index (κ2) is 5.63. The summed E-state index contributed by atoms with van der Waals surface area (Å²) in [4.78, 5) is 12.0. The van der Waals surface area contributed by atoms with E-state index in [0.29, 0.717) is 16.5 Å². The monoisotopic (exact) mass is 277 g/mol. The fourth-order valence-electron chi connectivity index (χ4n) is 1.58. The molecule has 98 valence electrons. The quantitative estimate of drug-likeness (QED) is 0.905. The molecule has 19 heavy (non-hydrogen) atoms. The van der Waals surface area contributed by atoms with Gasteiger partial charge in [0.05, 0.1) is 23.4 Å². The predicted molar refractivity (Wildman–Crippen MR) is 74.1 cm³/mol. The summed E-state index contributed by atoms with van der Waals surface area (Å²) in [5.41, 5.74) is 0.607. The molecule has 0 aliphatic heterocycles. The minimum Gasteiger partial charge on any atom is -0.507 e. The first-order chi connectivity index (χ1) is 9.11. The van der Waals surface area contributed by atoms with Crippen molar-refractivity contribution in [1.82, 2.24) is 0 Å². The number of para-hydroxylation sites is 1. The van der Waals surface area contributed by atoms with Gasteiger partial charge in [0.25, 0.3) is 5.91 Å². The number of anilines is 1. The lowest BCUT2D eigenvalue weighted by Gasteiger charge is -2.09. The van der Waals surface area contributed by atoms with Gasteiger partial charge in [-0.3, -0.25) is 4.79 Å². The third-order valence-electron chi connectivity index (χ3n) is 2.57. The lowest BCUT2D eigenvalue weighted by atomic mass is 10.2. The topological polar surface area (TPSA) is 58.6 Å². The number of aromatic hydroxyl groups is 1. The Bertz CT molecular complexity index is 613. The summed E-state index contributed by atoms with van der Waals surface area (Å²) in [5.74, 6) is 0.0595. The smallest absolute Gasteiger partial charge is 0.259 e. The number of phenolic OH excluding ortho intramolecular Hbond substituents is 1. The molecular formula is C14H12ClNO3. The van der Waals surface area contributed by atoms with Crippen LogP contribution in [0.25, 0.3) is 0 Å². The van der Waals surface area contributed by atoms with E-state index in [2.05, 4.69) is 5.32 Å². The maximum atomic E-state index is 12.0. The zero-order chi connectivity index (χ0) is 13.8. The van der Waals surface area contributed by atoms with Crippen molar-refractivity contribution in [3.05, 3.63) is 53.1 Å². The van der Waals surface area contributed by atoms with Crippen LogP contribution in [0, 0.1) is 0 Å². The molecule has 2 aromatic rings. The molecule has 0 aromatic heterocycles. The molecule has 0 saturated heterocycles.